The van der Waals surface area contributed by atoms with Gasteiger partial charge in [-0.3, -0.25) is 4.31 Å². The van der Waals surface area contributed by atoms with Crippen LogP contribution in [0.2, 0.25) is 0 Å². The van der Waals surface area contributed by atoms with Crippen molar-refractivity contribution in [2.45, 2.75) is 0 Å². The third-order valence-electron chi connectivity index (χ3n) is 1.98. The second kappa shape index (κ2) is 3.79. The summed E-state index contributed by atoms with van der Waals surface area (Å²) in [6.45, 7) is 0. The standard InChI is InChI=1S/C9H11N3O2S/c1-12(15(2,13)14)9-4-3-8(11)5-7(9)6-10/h3-5H,11H2,1-2H3. The fraction of sp³-hybridized carbons (Fsp3) is 0.222. The van der Waals surface area contributed by atoms with Gasteiger partial charge in [0, 0.05) is 12.7 Å². The zero-order chi connectivity index (χ0) is 11.6. The van der Waals surface area contributed by atoms with Crippen molar-refractivity contribution in [1.82, 2.24) is 0 Å². The Hall–Kier alpha value is -1.74. The molecule has 0 aromatic heterocycles. The molecule has 0 saturated heterocycles. The van der Waals surface area contributed by atoms with E-state index in [9.17, 15) is 8.42 Å². The number of nitrogen functional groups attached to an aromatic ring is 1. The molecule has 5 nitrogen and oxygen atoms in total. The summed E-state index contributed by atoms with van der Waals surface area (Å²) in [5, 5.41) is 8.83. The average Bonchev–Trinajstić information content (AvgIpc) is 2.15. The van der Waals surface area contributed by atoms with E-state index >= 15 is 0 Å². The van der Waals surface area contributed by atoms with Crippen LogP contribution in [0, 0.1) is 11.3 Å². The van der Waals surface area contributed by atoms with Crippen molar-refractivity contribution in [3.63, 3.8) is 0 Å². The summed E-state index contributed by atoms with van der Waals surface area (Å²) in [6, 6.07) is 6.41. The predicted octanol–water partition coefficient (Wildman–Crippen LogP) is 0.536. The van der Waals surface area contributed by atoms with E-state index in [0.29, 0.717) is 11.4 Å². The van der Waals surface area contributed by atoms with Gasteiger partial charge < -0.3 is 5.73 Å². The summed E-state index contributed by atoms with van der Waals surface area (Å²) in [6.07, 6.45) is 1.07. The number of hydrogen-bond acceptors (Lipinski definition) is 4. The van der Waals surface area contributed by atoms with E-state index in [1.807, 2.05) is 6.07 Å². The van der Waals surface area contributed by atoms with Crippen LogP contribution in [0.3, 0.4) is 0 Å². The van der Waals surface area contributed by atoms with Gasteiger partial charge in [-0.1, -0.05) is 0 Å². The highest BCUT2D eigenvalue weighted by atomic mass is 32.2. The van der Waals surface area contributed by atoms with Gasteiger partial charge in [-0.25, -0.2) is 8.42 Å². The van der Waals surface area contributed by atoms with Crippen molar-refractivity contribution in [1.29, 1.82) is 5.26 Å². The molecule has 2 N–H and O–H groups in total. The number of anilines is 2. The minimum Gasteiger partial charge on any atom is -0.399 e. The summed E-state index contributed by atoms with van der Waals surface area (Å²) in [5.41, 5.74) is 6.49. The van der Waals surface area contributed by atoms with Crippen LogP contribution in [-0.2, 0) is 10.0 Å². The molecule has 1 rings (SSSR count). The molecule has 6 heteroatoms. The van der Waals surface area contributed by atoms with Crippen LogP contribution in [0.1, 0.15) is 5.56 Å². The van der Waals surface area contributed by atoms with Gasteiger partial charge in [0.2, 0.25) is 10.0 Å². The number of nitrogens with two attached hydrogens (primary N) is 1. The van der Waals surface area contributed by atoms with Crippen molar-refractivity contribution >= 4 is 21.4 Å². The molecule has 0 bridgehead atoms. The zero-order valence-electron chi connectivity index (χ0n) is 8.43. The Balaban J connectivity index is 3.34. The second-order valence-electron chi connectivity index (χ2n) is 3.12. The van der Waals surface area contributed by atoms with E-state index in [4.69, 9.17) is 11.0 Å². The number of hydrogen-bond donors (Lipinski definition) is 1. The number of nitrogens with zero attached hydrogens (tertiary/aromatic N) is 2. The molecule has 0 aliphatic rings. The molecule has 0 aliphatic heterocycles. The Kier molecular flexibility index (Phi) is 2.86. The molecule has 80 valence electrons. The maximum atomic E-state index is 11.3. The number of sulfonamides is 1. The largest absolute Gasteiger partial charge is 0.399 e. The van der Waals surface area contributed by atoms with E-state index < -0.39 is 10.0 Å². The molecular formula is C9H11N3O2S. The molecular weight excluding hydrogens is 214 g/mol. The molecule has 0 unspecified atom stereocenters. The predicted molar refractivity (Wildman–Crippen MR) is 58.8 cm³/mol. The zero-order valence-corrected chi connectivity index (χ0v) is 9.25. The molecule has 0 atom stereocenters. The molecule has 0 radical (unpaired) electrons. The van der Waals surface area contributed by atoms with E-state index in [-0.39, 0.29) is 5.56 Å². The van der Waals surface area contributed by atoms with Crippen LogP contribution in [0.25, 0.3) is 0 Å². The molecule has 0 aliphatic carbocycles. The molecule has 1 aromatic rings. The van der Waals surface area contributed by atoms with Crippen molar-refractivity contribution in [3.8, 4) is 6.07 Å². The Morgan fingerprint density at radius 3 is 2.53 bits per heavy atom. The molecule has 0 spiro atoms. The Bertz CT molecular complexity index is 517. The number of benzene rings is 1. The van der Waals surface area contributed by atoms with Gasteiger partial charge in [-0.05, 0) is 18.2 Å². The summed E-state index contributed by atoms with van der Waals surface area (Å²) < 4.78 is 23.6. The van der Waals surface area contributed by atoms with Gasteiger partial charge in [-0.15, -0.1) is 0 Å². The van der Waals surface area contributed by atoms with Crippen molar-refractivity contribution in [2.75, 3.05) is 23.3 Å². The van der Waals surface area contributed by atoms with Crippen LogP contribution in [0.5, 0.6) is 0 Å². The van der Waals surface area contributed by atoms with Gasteiger partial charge in [-0.2, -0.15) is 5.26 Å². The first-order valence-electron chi connectivity index (χ1n) is 4.10. The fourth-order valence-corrected chi connectivity index (χ4v) is 1.61. The Labute approximate surface area is 88.8 Å². The normalized spacial score (nSPS) is 10.7. The minimum atomic E-state index is -3.36. The van der Waals surface area contributed by atoms with Gasteiger partial charge in [0.15, 0.2) is 0 Å². The van der Waals surface area contributed by atoms with E-state index in [1.165, 1.54) is 19.2 Å². The first kappa shape index (κ1) is 11.3. The van der Waals surface area contributed by atoms with Crippen LogP contribution < -0.4 is 10.0 Å². The van der Waals surface area contributed by atoms with E-state index in [1.54, 1.807) is 6.07 Å². The van der Waals surface area contributed by atoms with Gasteiger partial charge in [0.05, 0.1) is 17.5 Å². The van der Waals surface area contributed by atoms with Gasteiger partial charge >= 0.3 is 0 Å². The lowest BCUT2D eigenvalue weighted by Gasteiger charge is -2.17. The summed E-state index contributed by atoms with van der Waals surface area (Å²) >= 11 is 0. The Morgan fingerprint density at radius 1 is 1.47 bits per heavy atom. The quantitative estimate of drug-likeness (QED) is 0.744. The molecule has 0 saturated carbocycles. The fourth-order valence-electron chi connectivity index (χ4n) is 1.10. The first-order chi connectivity index (χ1) is 6.86. The molecule has 15 heavy (non-hydrogen) atoms. The van der Waals surface area contributed by atoms with Crippen molar-refractivity contribution < 1.29 is 8.42 Å². The third-order valence-corrected chi connectivity index (χ3v) is 3.17. The van der Waals surface area contributed by atoms with Crippen LogP contribution in [0.15, 0.2) is 18.2 Å². The first-order valence-corrected chi connectivity index (χ1v) is 5.94. The van der Waals surface area contributed by atoms with Crippen LogP contribution in [-0.4, -0.2) is 21.7 Å². The Morgan fingerprint density at radius 2 is 2.07 bits per heavy atom. The monoisotopic (exact) mass is 225 g/mol. The third kappa shape index (κ3) is 2.39. The maximum absolute atomic E-state index is 11.3. The molecule has 0 fully saturated rings. The van der Waals surface area contributed by atoms with Crippen LogP contribution >= 0.6 is 0 Å². The van der Waals surface area contributed by atoms with Gasteiger partial charge in [0.1, 0.15) is 6.07 Å². The van der Waals surface area contributed by atoms with Crippen molar-refractivity contribution in [3.05, 3.63) is 23.8 Å². The lowest BCUT2D eigenvalue weighted by atomic mass is 10.2. The lowest BCUT2D eigenvalue weighted by Crippen LogP contribution is -2.25. The van der Waals surface area contributed by atoms with E-state index in [0.717, 1.165) is 10.6 Å². The van der Waals surface area contributed by atoms with E-state index in [2.05, 4.69) is 0 Å². The minimum absolute atomic E-state index is 0.239. The lowest BCUT2D eigenvalue weighted by molar-refractivity contribution is 0.600. The SMILES string of the molecule is CN(c1ccc(N)cc1C#N)S(C)(=O)=O. The maximum Gasteiger partial charge on any atom is 0.232 e. The number of rotatable bonds is 2. The topological polar surface area (TPSA) is 87.2 Å². The van der Waals surface area contributed by atoms with Gasteiger partial charge in [0.25, 0.3) is 0 Å². The highest BCUT2D eigenvalue weighted by molar-refractivity contribution is 7.92. The average molecular weight is 225 g/mol. The van der Waals surface area contributed by atoms with Crippen molar-refractivity contribution in [2.24, 2.45) is 0 Å². The highest BCUT2D eigenvalue weighted by Crippen LogP contribution is 2.22. The smallest absolute Gasteiger partial charge is 0.232 e. The molecule has 0 amide bonds. The summed E-state index contributed by atoms with van der Waals surface area (Å²) in [5.74, 6) is 0. The molecule has 1 aromatic carbocycles. The van der Waals surface area contributed by atoms with Crippen LogP contribution in [0.4, 0.5) is 11.4 Å². The highest BCUT2D eigenvalue weighted by Gasteiger charge is 2.15. The molecule has 0 heterocycles. The summed E-state index contributed by atoms with van der Waals surface area (Å²) in [7, 11) is -1.97. The second-order valence-corrected chi connectivity index (χ2v) is 5.13. The number of nitriles is 1. The summed E-state index contributed by atoms with van der Waals surface area (Å²) in [4.78, 5) is 0.